The van der Waals surface area contributed by atoms with Crippen molar-refractivity contribution in [1.82, 2.24) is 0 Å². The lowest BCUT2D eigenvalue weighted by Gasteiger charge is -2.04. The van der Waals surface area contributed by atoms with Crippen LogP contribution in [0.25, 0.3) is 0 Å². The van der Waals surface area contributed by atoms with Crippen molar-refractivity contribution in [2.75, 3.05) is 19.8 Å². The molecule has 0 bridgehead atoms. The average Bonchev–Trinajstić information content (AvgIpc) is 2.90. The van der Waals surface area contributed by atoms with Gasteiger partial charge < -0.3 is 14.2 Å². The van der Waals surface area contributed by atoms with Gasteiger partial charge in [0.1, 0.15) is 12.4 Å². The minimum absolute atomic E-state index is 0.0560. The van der Waals surface area contributed by atoms with E-state index in [9.17, 15) is 14.4 Å². The van der Waals surface area contributed by atoms with Gasteiger partial charge in [0.05, 0.1) is 13.0 Å². The van der Waals surface area contributed by atoms with E-state index in [-0.39, 0.29) is 13.0 Å². The molecule has 0 saturated carbocycles. The van der Waals surface area contributed by atoms with E-state index in [1.165, 1.54) is 0 Å². The molecule has 0 aliphatic carbocycles. The van der Waals surface area contributed by atoms with Gasteiger partial charge >= 0.3 is 17.9 Å². The second-order valence-electron chi connectivity index (χ2n) is 7.00. The van der Waals surface area contributed by atoms with Crippen molar-refractivity contribution >= 4 is 24.1 Å². The van der Waals surface area contributed by atoms with Crippen LogP contribution in [0.1, 0.15) is 29.5 Å². The molecule has 2 rings (SSSR count). The molecule has 7 nitrogen and oxygen atoms in total. The first-order valence-electron chi connectivity index (χ1n) is 11.0. The first-order chi connectivity index (χ1) is 17.5. The van der Waals surface area contributed by atoms with Crippen LogP contribution in [0.4, 0.5) is 0 Å². The number of aliphatic imine (C=N–C) groups is 1. The van der Waals surface area contributed by atoms with Crippen LogP contribution in [-0.4, -0.2) is 43.9 Å². The highest BCUT2D eigenvalue weighted by Crippen LogP contribution is 2.12. The van der Waals surface area contributed by atoms with Gasteiger partial charge in [0.25, 0.3) is 0 Å². The number of esters is 3. The fraction of sp³-hybridized carbons (Fsp3) is 0.172. The van der Waals surface area contributed by atoms with Gasteiger partial charge in [-0.1, -0.05) is 37.1 Å². The number of nitrogens with zero attached hydrogens (tertiary/aromatic N) is 1. The Morgan fingerprint density at radius 2 is 1.36 bits per heavy atom. The molecule has 0 saturated heterocycles. The zero-order chi connectivity index (χ0) is 26.0. The van der Waals surface area contributed by atoms with Crippen LogP contribution in [-0.2, 0) is 23.9 Å². The highest BCUT2D eigenvalue weighted by atomic mass is 16.5. The number of rotatable bonds is 11. The largest absolute Gasteiger partial charge is 0.462 e. The van der Waals surface area contributed by atoms with Crippen molar-refractivity contribution in [3.63, 3.8) is 0 Å². The van der Waals surface area contributed by atoms with E-state index in [1.54, 1.807) is 30.5 Å². The molecule has 0 heterocycles. The Balaban J connectivity index is 1.77. The summed E-state index contributed by atoms with van der Waals surface area (Å²) in [6.45, 7) is 7.41. The van der Waals surface area contributed by atoms with Gasteiger partial charge in [-0.25, -0.2) is 9.59 Å². The predicted molar refractivity (Wildman–Crippen MR) is 136 cm³/mol. The van der Waals surface area contributed by atoms with E-state index in [2.05, 4.69) is 41.8 Å². The van der Waals surface area contributed by atoms with Crippen LogP contribution in [0, 0.1) is 23.7 Å². The summed E-state index contributed by atoms with van der Waals surface area (Å²) >= 11 is 0. The molecule has 0 aromatic heterocycles. The molecule has 0 amide bonds. The summed E-state index contributed by atoms with van der Waals surface area (Å²) < 4.78 is 14.8. The van der Waals surface area contributed by atoms with E-state index >= 15 is 0 Å². The maximum Gasteiger partial charge on any atom is 0.330 e. The maximum atomic E-state index is 11.7. The van der Waals surface area contributed by atoms with Crippen LogP contribution in [0.2, 0.25) is 0 Å². The van der Waals surface area contributed by atoms with Crippen LogP contribution in [0.3, 0.4) is 0 Å². The number of benzene rings is 2. The zero-order valence-corrected chi connectivity index (χ0v) is 19.7. The van der Waals surface area contributed by atoms with Gasteiger partial charge in [-0.15, -0.1) is 0 Å². The third-order valence-corrected chi connectivity index (χ3v) is 4.27. The Kier molecular flexibility index (Phi) is 12.1. The molecule has 0 radical (unpaired) electrons. The van der Waals surface area contributed by atoms with Crippen molar-refractivity contribution in [3.05, 3.63) is 90.5 Å². The topological polar surface area (TPSA) is 91.3 Å². The van der Waals surface area contributed by atoms with Crippen LogP contribution in [0.5, 0.6) is 5.75 Å². The molecule has 36 heavy (non-hydrogen) atoms. The highest BCUT2D eigenvalue weighted by Gasteiger charge is 2.06. The molecule has 2 aromatic rings. The third kappa shape index (κ3) is 11.3. The van der Waals surface area contributed by atoms with Gasteiger partial charge in [-0.2, -0.15) is 0 Å². The van der Waals surface area contributed by atoms with Gasteiger partial charge in [-0.3, -0.25) is 9.79 Å². The standard InChI is InChI=1S/C29H25NO6/c1-3-27(31)34-20-7-19-30-22-25-12-10-23(11-13-25)8-5-6-9-24-14-16-26(17-15-24)36-29(33)18-21-35-28(32)4-2/h3-4,10-17,22H,1-2,7,18-21H2. The summed E-state index contributed by atoms with van der Waals surface area (Å²) in [4.78, 5) is 37.9. The summed E-state index contributed by atoms with van der Waals surface area (Å²) in [7, 11) is 0. The average molecular weight is 484 g/mol. The molecule has 0 fully saturated rings. The fourth-order valence-corrected chi connectivity index (χ4v) is 2.50. The lowest BCUT2D eigenvalue weighted by atomic mass is 10.1. The summed E-state index contributed by atoms with van der Waals surface area (Å²) in [5.74, 6) is 10.3. The predicted octanol–water partition coefficient (Wildman–Crippen LogP) is 3.65. The lowest BCUT2D eigenvalue weighted by molar-refractivity contribution is -0.141. The Morgan fingerprint density at radius 1 is 0.806 bits per heavy atom. The lowest BCUT2D eigenvalue weighted by Crippen LogP contribution is -2.12. The molecular formula is C29H25NO6. The van der Waals surface area contributed by atoms with E-state index < -0.39 is 17.9 Å². The number of hydrogen-bond acceptors (Lipinski definition) is 7. The first kappa shape index (κ1) is 27.4. The summed E-state index contributed by atoms with van der Waals surface area (Å²) in [6, 6.07) is 14.2. The highest BCUT2D eigenvalue weighted by molar-refractivity contribution is 5.82. The molecule has 0 atom stereocenters. The van der Waals surface area contributed by atoms with Gasteiger partial charge in [0.15, 0.2) is 0 Å². The summed E-state index contributed by atoms with van der Waals surface area (Å²) in [5, 5.41) is 0. The Labute approximate surface area is 210 Å². The first-order valence-corrected chi connectivity index (χ1v) is 11.0. The van der Waals surface area contributed by atoms with Crippen molar-refractivity contribution in [2.24, 2.45) is 4.99 Å². The van der Waals surface area contributed by atoms with Crippen LogP contribution >= 0.6 is 0 Å². The second-order valence-corrected chi connectivity index (χ2v) is 7.00. The molecule has 0 spiro atoms. The second kappa shape index (κ2) is 15.9. The molecule has 0 aliphatic heterocycles. The monoisotopic (exact) mass is 483 g/mol. The minimum atomic E-state index is -0.589. The molecule has 7 heteroatoms. The number of carbonyl (C=O) groups excluding carboxylic acids is 3. The van der Waals surface area contributed by atoms with Crippen molar-refractivity contribution in [1.29, 1.82) is 0 Å². The van der Waals surface area contributed by atoms with Crippen LogP contribution in [0.15, 0.2) is 78.8 Å². The Morgan fingerprint density at radius 3 is 1.94 bits per heavy atom. The number of ether oxygens (including phenoxy) is 3. The van der Waals surface area contributed by atoms with Gasteiger partial charge in [0.2, 0.25) is 0 Å². The molecule has 2 aromatic carbocycles. The summed E-state index contributed by atoms with van der Waals surface area (Å²) in [6.07, 6.45) is 4.50. The quantitative estimate of drug-likeness (QED) is 0.121. The third-order valence-electron chi connectivity index (χ3n) is 4.27. The number of carbonyl (C=O) groups is 3. The van der Waals surface area contributed by atoms with Gasteiger partial charge in [-0.05, 0) is 53.8 Å². The molecule has 0 N–H and O–H groups in total. The molecule has 0 aliphatic rings. The zero-order valence-electron chi connectivity index (χ0n) is 19.7. The molecule has 182 valence electrons. The Hall–Kier alpha value is -4.88. The normalized spacial score (nSPS) is 9.67. The smallest absolute Gasteiger partial charge is 0.330 e. The Bertz CT molecular complexity index is 1220. The SMILES string of the molecule is C=CC(=O)OCCCN=Cc1ccc(C#CC#Cc2ccc(OC(=O)CCOC(=O)C=C)cc2)cc1. The van der Waals surface area contributed by atoms with E-state index in [0.717, 1.165) is 28.8 Å². The van der Waals surface area contributed by atoms with Gasteiger partial charge in [0, 0.05) is 42.5 Å². The van der Waals surface area contributed by atoms with Crippen molar-refractivity contribution in [2.45, 2.75) is 12.8 Å². The number of hydrogen-bond donors (Lipinski definition) is 0. The van der Waals surface area contributed by atoms with Crippen molar-refractivity contribution in [3.8, 4) is 29.4 Å². The van der Waals surface area contributed by atoms with Crippen molar-refractivity contribution < 1.29 is 28.6 Å². The van der Waals surface area contributed by atoms with E-state index in [1.807, 2.05) is 24.3 Å². The fourth-order valence-electron chi connectivity index (χ4n) is 2.50. The van der Waals surface area contributed by atoms with Crippen LogP contribution < -0.4 is 4.74 Å². The minimum Gasteiger partial charge on any atom is -0.462 e. The van der Waals surface area contributed by atoms with E-state index in [0.29, 0.717) is 25.3 Å². The summed E-state index contributed by atoms with van der Waals surface area (Å²) in [5.41, 5.74) is 2.47. The molecule has 0 unspecified atom stereocenters. The molecular weight excluding hydrogens is 458 g/mol. The maximum absolute atomic E-state index is 11.7. The van der Waals surface area contributed by atoms with E-state index in [4.69, 9.17) is 14.2 Å².